The molecule has 0 spiro atoms. The van der Waals surface area contributed by atoms with Crippen LogP contribution in [0.3, 0.4) is 0 Å². The van der Waals surface area contributed by atoms with Crippen LogP contribution in [0, 0.1) is 0 Å². The second-order valence-corrected chi connectivity index (χ2v) is 5.45. The number of aliphatic hydroxyl groups is 1. The summed E-state index contributed by atoms with van der Waals surface area (Å²) >= 11 is 1.26. The number of hydrogen-bond acceptors (Lipinski definition) is 5. The first-order valence-electron chi connectivity index (χ1n) is 5.83. The molecule has 20 heavy (non-hydrogen) atoms. The summed E-state index contributed by atoms with van der Waals surface area (Å²) in [6.45, 7) is 0.874. The molecule has 1 rings (SSSR count). The van der Waals surface area contributed by atoms with Gasteiger partial charge in [-0.15, -0.1) is 11.3 Å². The van der Waals surface area contributed by atoms with Crippen LogP contribution in [0.4, 0.5) is 0 Å². The largest absolute Gasteiger partial charge is 0.481 e. The summed E-state index contributed by atoms with van der Waals surface area (Å²) < 4.78 is 0. The average molecular weight is 300 g/mol. The van der Waals surface area contributed by atoms with Gasteiger partial charge < -0.3 is 20.8 Å². The van der Waals surface area contributed by atoms with Crippen LogP contribution in [0.25, 0.3) is 0 Å². The summed E-state index contributed by atoms with van der Waals surface area (Å²) in [5.41, 5.74) is -1.53. The first-order chi connectivity index (χ1) is 9.30. The summed E-state index contributed by atoms with van der Waals surface area (Å²) in [6.07, 6.45) is -0.477. The van der Waals surface area contributed by atoms with E-state index < -0.39 is 23.9 Å². The summed E-state index contributed by atoms with van der Waals surface area (Å²) in [5, 5.41) is 24.8. The monoisotopic (exact) mass is 300 g/mol. The molecule has 0 aliphatic carbocycles. The molecule has 1 heterocycles. The number of carboxylic acid groups (broad SMARTS) is 1. The van der Waals surface area contributed by atoms with Gasteiger partial charge in [0.1, 0.15) is 0 Å². The zero-order valence-electron chi connectivity index (χ0n) is 10.9. The lowest BCUT2D eigenvalue weighted by molar-refractivity contribution is -0.142. The molecule has 0 radical (unpaired) electrons. The second-order valence-electron chi connectivity index (χ2n) is 4.50. The Bertz CT molecular complexity index is 484. The Morgan fingerprint density at radius 3 is 2.60 bits per heavy atom. The van der Waals surface area contributed by atoms with Crippen LogP contribution in [0.15, 0.2) is 17.5 Å². The number of carbonyl (C=O) groups excluding carboxylic acids is 2. The van der Waals surface area contributed by atoms with E-state index in [-0.39, 0.29) is 19.0 Å². The van der Waals surface area contributed by atoms with Crippen LogP contribution < -0.4 is 10.6 Å². The van der Waals surface area contributed by atoms with Gasteiger partial charge in [-0.3, -0.25) is 14.4 Å². The van der Waals surface area contributed by atoms with Crippen molar-refractivity contribution in [2.24, 2.45) is 0 Å². The van der Waals surface area contributed by atoms with E-state index in [1.54, 1.807) is 17.5 Å². The average Bonchev–Trinajstić information content (AvgIpc) is 2.85. The number of amides is 2. The fraction of sp³-hybridized carbons (Fsp3) is 0.417. The molecule has 0 aliphatic heterocycles. The third-order valence-electron chi connectivity index (χ3n) is 2.35. The lowest BCUT2D eigenvalue weighted by atomic mass is 10.0. The minimum atomic E-state index is -1.53. The lowest BCUT2D eigenvalue weighted by Gasteiger charge is -2.21. The Morgan fingerprint density at radius 2 is 2.05 bits per heavy atom. The number of carboxylic acids is 1. The summed E-state index contributed by atoms with van der Waals surface area (Å²) in [7, 11) is 0. The third kappa shape index (κ3) is 5.81. The minimum Gasteiger partial charge on any atom is -0.481 e. The number of hydrogen-bond donors (Lipinski definition) is 4. The number of rotatable bonds is 7. The molecule has 1 unspecified atom stereocenters. The van der Waals surface area contributed by atoms with Gasteiger partial charge >= 0.3 is 5.97 Å². The van der Waals surface area contributed by atoms with E-state index in [1.807, 2.05) is 0 Å². The van der Waals surface area contributed by atoms with Crippen LogP contribution >= 0.6 is 11.3 Å². The van der Waals surface area contributed by atoms with Crippen molar-refractivity contribution in [1.82, 2.24) is 10.6 Å². The SMILES string of the molecule is CC(O)(CNC(=O)CNC(=O)c1cccs1)CC(=O)O. The molecule has 110 valence electrons. The van der Waals surface area contributed by atoms with Crippen LogP contribution in [-0.2, 0) is 9.59 Å². The number of carbonyl (C=O) groups is 3. The van der Waals surface area contributed by atoms with Crippen molar-refractivity contribution in [3.05, 3.63) is 22.4 Å². The van der Waals surface area contributed by atoms with Gasteiger partial charge in [0.2, 0.25) is 5.91 Å². The van der Waals surface area contributed by atoms with Gasteiger partial charge in [0, 0.05) is 6.54 Å². The molecule has 0 saturated carbocycles. The summed E-state index contributed by atoms with van der Waals surface area (Å²) in [4.78, 5) is 34.0. The lowest BCUT2D eigenvalue weighted by Crippen LogP contribution is -2.45. The van der Waals surface area contributed by atoms with Crippen LogP contribution in [-0.4, -0.2) is 46.7 Å². The molecule has 0 aromatic carbocycles. The van der Waals surface area contributed by atoms with Crippen molar-refractivity contribution in [3.8, 4) is 0 Å². The predicted octanol–water partition coefficient (Wildman–Crippen LogP) is -0.180. The maximum absolute atomic E-state index is 11.5. The van der Waals surface area contributed by atoms with E-state index >= 15 is 0 Å². The molecule has 8 heteroatoms. The maximum Gasteiger partial charge on any atom is 0.306 e. The number of thiophene rings is 1. The van der Waals surface area contributed by atoms with E-state index in [1.165, 1.54) is 18.3 Å². The molecule has 1 aromatic rings. The molecule has 7 nitrogen and oxygen atoms in total. The summed E-state index contributed by atoms with van der Waals surface area (Å²) in [5.74, 6) is -2.01. The van der Waals surface area contributed by atoms with Gasteiger partial charge in [0.05, 0.1) is 23.4 Å². The van der Waals surface area contributed by atoms with Crippen molar-refractivity contribution in [1.29, 1.82) is 0 Å². The van der Waals surface area contributed by atoms with Crippen LogP contribution in [0.5, 0.6) is 0 Å². The Hall–Kier alpha value is -1.93. The molecular weight excluding hydrogens is 284 g/mol. The Labute approximate surface area is 119 Å². The van der Waals surface area contributed by atoms with E-state index in [0.717, 1.165) is 0 Å². The highest BCUT2D eigenvalue weighted by atomic mass is 32.1. The van der Waals surface area contributed by atoms with E-state index in [0.29, 0.717) is 4.88 Å². The molecule has 1 atom stereocenters. The first kappa shape index (κ1) is 16.1. The molecule has 0 bridgehead atoms. The standard InChI is InChI=1S/C12H16N2O5S/c1-12(19,5-10(16)17)7-14-9(15)6-13-11(18)8-3-2-4-20-8/h2-4,19H,5-7H2,1H3,(H,13,18)(H,14,15)(H,16,17). The quantitative estimate of drug-likeness (QED) is 0.557. The Kier molecular flexibility index (Phi) is 5.66. The smallest absolute Gasteiger partial charge is 0.306 e. The fourth-order valence-electron chi connectivity index (χ4n) is 1.40. The zero-order valence-corrected chi connectivity index (χ0v) is 11.7. The van der Waals surface area contributed by atoms with Gasteiger partial charge in [-0.2, -0.15) is 0 Å². The highest BCUT2D eigenvalue weighted by Gasteiger charge is 2.24. The van der Waals surface area contributed by atoms with Crippen molar-refractivity contribution in [3.63, 3.8) is 0 Å². The number of aliphatic carboxylic acids is 1. The first-order valence-corrected chi connectivity index (χ1v) is 6.71. The Balaban J connectivity index is 2.30. The highest BCUT2D eigenvalue weighted by molar-refractivity contribution is 7.12. The van der Waals surface area contributed by atoms with E-state index in [2.05, 4.69) is 10.6 Å². The maximum atomic E-state index is 11.5. The van der Waals surface area contributed by atoms with Crippen molar-refractivity contribution in [2.75, 3.05) is 13.1 Å². The van der Waals surface area contributed by atoms with Crippen LogP contribution in [0.2, 0.25) is 0 Å². The summed E-state index contributed by atoms with van der Waals surface area (Å²) in [6, 6.07) is 3.36. The zero-order chi connectivity index (χ0) is 15.2. The van der Waals surface area contributed by atoms with Crippen molar-refractivity contribution < 1.29 is 24.6 Å². The van der Waals surface area contributed by atoms with Gasteiger partial charge in [-0.05, 0) is 18.4 Å². The highest BCUT2D eigenvalue weighted by Crippen LogP contribution is 2.08. The predicted molar refractivity (Wildman–Crippen MR) is 72.5 cm³/mol. The second kappa shape index (κ2) is 7.01. The van der Waals surface area contributed by atoms with Crippen molar-refractivity contribution >= 4 is 29.1 Å². The third-order valence-corrected chi connectivity index (χ3v) is 3.22. The van der Waals surface area contributed by atoms with Gasteiger partial charge in [0.15, 0.2) is 0 Å². The van der Waals surface area contributed by atoms with Gasteiger partial charge in [-0.25, -0.2) is 0 Å². The molecule has 1 aromatic heterocycles. The molecule has 0 aliphatic rings. The van der Waals surface area contributed by atoms with E-state index in [9.17, 15) is 19.5 Å². The normalized spacial score (nSPS) is 13.3. The number of nitrogens with one attached hydrogen (secondary N) is 2. The molecule has 0 fully saturated rings. The topological polar surface area (TPSA) is 116 Å². The Morgan fingerprint density at radius 1 is 1.35 bits per heavy atom. The molecule has 2 amide bonds. The molecular formula is C12H16N2O5S. The molecule has 0 saturated heterocycles. The van der Waals surface area contributed by atoms with Crippen LogP contribution in [0.1, 0.15) is 23.0 Å². The minimum absolute atomic E-state index is 0.201. The fourth-order valence-corrected chi connectivity index (χ4v) is 2.04. The van der Waals surface area contributed by atoms with Gasteiger partial charge in [0.25, 0.3) is 5.91 Å². The molecule has 4 N–H and O–H groups in total. The van der Waals surface area contributed by atoms with Gasteiger partial charge in [-0.1, -0.05) is 6.07 Å². The van der Waals surface area contributed by atoms with E-state index in [4.69, 9.17) is 5.11 Å². The van der Waals surface area contributed by atoms with Crippen molar-refractivity contribution in [2.45, 2.75) is 18.9 Å².